The molecule has 4 heterocycles. The van der Waals surface area contributed by atoms with Crippen LogP contribution in [0.2, 0.25) is 0 Å². The lowest BCUT2D eigenvalue weighted by Gasteiger charge is -2.13. The highest BCUT2D eigenvalue weighted by atomic mass is 15.2. The average molecular weight is 742 g/mol. The minimum Gasteiger partial charge on any atom is -0.278 e. The third-order valence-corrected chi connectivity index (χ3v) is 11.4. The third kappa shape index (κ3) is 4.98. The van der Waals surface area contributed by atoms with Gasteiger partial charge in [0, 0.05) is 22.1 Å². The second kappa shape index (κ2) is 12.8. The Bertz CT molecular complexity index is 3250. The first kappa shape index (κ1) is 32.3. The molecule has 6 nitrogen and oxygen atoms in total. The smallest absolute Gasteiger partial charge is 0.278 e. The molecule has 0 atom stereocenters. The summed E-state index contributed by atoms with van der Waals surface area (Å²) in [7, 11) is 0. The van der Waals surface area contributed by atoms with Crippen LogP contribution in [0.1, 0.15) is 0 Å². The van der Waals surface area contributed by atoms with Crippen molar-refractivity contribution in [3.63, 3.8) is 0 Å². The predicted octanol–water partition coefficient (Wildman–Crippen LogP) is 12.0. The molecule has 1 N–H and O–H groups in total. The zero-order valence-corrected chi connectivity index (χ0v) is 31.2. The first-order valence-electron chi connectivity index (χ1n) is 19.5. The standard InChI is InChI=1S/C52H32N6/c1-4-13-33(14-5-1)35-23-27-37(28-24-35)49-54-50(38-29-25-36(26-30-38)34-15-6-2-7-16-34)56-52(55-49)57-44-22-12-20-41-40-19-10-11-21-43(40)58-48-42(31-32-45(57)47(48)46(41)44)53-51(58)39-17-8-3-9-18-39/h1-32H/p+1. The van der Waals surface area contributed by atoms with Crippen molar-refractivity contribution in [1.82, 2.24) is 24.5 Å². The number of hydrogen-bond acceptors (Lipinski definition) is 3. The van der Waals surface area contributed by atoms with E-state index in [1.54, 1.807) is 0 Å². The first-order valence-corrected chi connectivity index (χ1v) is 19.5. The largest absolute Gasteiger partial charge is 0.292 e. The Hall–Kier alpha value is -7.96. The molecule has 12 rings (SSSR count). The highest BCUT2D eigenvalue weighted by molar-refractivity contribution is 6.24. The maximum Gasteiger partial charge on any atom is 0.292 e. The maximum atomic E-state index is 5.31. The Morgan fingerprint density at radius 2 is 0.879 bits per heavy atom. The van der Waals surface area contributed by atoms with Crippen molar-refractivity contribution in [2.75, 3.05) is 0 Å². The van der Waals surface area contributed by atoms with Gasteiger partial charge in [0.25, 0.3) is 5.82 Å². The van der Waals surface area contributed by atoms with Crippen LogP contribution in [0.25, 0.3) is 112 Å². The van der Waals surface area contributed by atoms with Gasteiger partial charge in [0.15, 0.2) is 22.7 Å². The molecule has 0 radical (unpaired) electrons. The molecule has 11 aromatic rings. The lowest BCUT2D eigenvalue weighted by atomic mass is 9.99. The van der Waals surface area contributed by atoms with Crippen molar-refractivity contribution in [3.8, 4) is 79.2 Å². The third-order valence-electron chi connectivity index (χ3n) is 11.4. The lowest BCUT2D eigenvalue weighted by Crippen LogP contribution is -2.32. The van der Waals surface area contributed by atoms with E-state index >= 15 is 0 Å². The molecule has 8 aromatic carbocycles. The summed E-state index contributed by atoms with van der Waals surface area (Å²) in [5.74, 6) is 2.82. The van der Waals surface area contributed by atoms with Crippen molar-refractivity contribution in [1.29, 1.82) is 0 Å². The van der Waals surface area contributed by atoms with Crippen molar-refractivity contribution in [2.45, 2.75) is 0 Å². The number of aromatic amines is 1. The van der Waals surface area contributed by atoms with E-state index in [9.17, 15) is 0 Å². The van der Waals surface area contributed by atoms with Gasteiger partial charge in [-0.15, -0.1) is 0 Å². The number of nitrogens with zero attached hydrogens (tertiary/aromatic N) is 5. The Morgan fingerprint density at radius 3 is 1.50 bits per heavy atom. The number of nitrogens with one attached hydrogen (secondary N) is 1. The van der Waals surface area contributed by atoms with Crippen LogP contribution in [0.5, 0.6) is 0 Å². The molecule has 58 heavy (non-hydrogen) atoms. The van der Waals surface area contributed by atoms with Crippen molar-refractivity contribution in [3.05, 3.63) is 194 Å². The van der Waals surface area contributed by atoms with E-state index in [4.69, 9.17) is 15.0 Å². The molecule has 0 spiro atoms. The van der Waals surface area contributed by atoms with Crippen LogP contribution in [-0.4, -0.2) is 24.5 Å². The highest BCUT2D eigenvalue weighted by Gasteiger charge is 2.33. The van der Waals surface area contributed by atoms with Crippen molar-refractivity contribution >= 4 is 32.8 Å². The SMILES string of the molecule is c1ccc(-c2ccc(-c3nc(-c4ccc(-c5ccccc5)cc4)nc(-n4c5cccc6c5c5c4ccc4[nH]c(-c7ccccc7)[n+](c45)-c4ccccc4-6)n3)cc2)cc1. The summed E-state index contributed by atoms with van der Waals surface area (Å²) in [5.41, 5.74) is 15.3. The maximum absolute atomic E-state index is 5.31. The summed E-state index contributed by atoms with van der Waals surface area (Å²) >= 11 is 0. The molecular weight excluding hydrogens is 709 g/mol. The van der Waals surface area contributed by atoms with Gasteiger partial charge in [0.05, 0.1) is 22.0 Å². The van der Waals surface area contributed by atoms with Crippen LogP contribution in [0.15, 0.2) is 194 Å². The number of benzene rings is 8. The van der Waals surface area contributed by atoms with Crippen molar-refractivity contribution < 1.29 is 4.57 Å². The second-order valence-corrected chi connectivity index (χ2v) is 14.8. The van der Waals surface area contributed by atoms with Crippen LogP contribution >= 0.6 is 0 Å². The Labute approximate surface area is 334 Å². The van der Waals surface area contributed by atoms with Gasteiger partial charge in [-0.2, -0.15) is 14.5 Å². The van der Waals surface area contributed by atoms with Crippen molar-refractivity contribution in [2.24, 2.45) is 0 Å². The van der Waals surface area contributed by atoms with Gasteiger partial charge in [-0.1, -0.05) is 158 Å². The molecule has 1 aliphatic rings. The van der Waals surface area contributed by atoms with Gasteiger partial charge in [-0.05, 0) is 64.2 Å². The summed E-state index contributed by atoms with van der Waals surface area (Å²) in [6, 6.07) is 68.2. The van der Waals surface area contributed by atoms with Gasteiger partial charge < -0.3 is 0 Å². The Kier molecular flexibility index (Phi) is 7.13. The van der Waals surface area contributed by atoms with E-state index < -0.39 is 0 Å². The molecule has 6 heteroatoms. The molecule has 3 aromatic heterocycles. The fraction of sp³-hybridized carbons (Fsp3) is 0. The summed E-state index contributed by atoms with van der Waals surface area (Å²) in [4.78, 5) is 19.6. The molecule has 0 amide bonds. The van der Waals surface area contributed by atoms with E-state index in [2.05, 4.69) is 196 Å². The quantitative estimate of drug-likeness (QED) is 0.173. The van der Waals surface area contributed by atoms with Crippen LogP contribution in [0, 0.1) is 0 Å². The molecule has 0 saturated heterocycles. The number of H-pyrrole nitrogens is 1. The summed E-state index contributed by atoms with van der Waals surface area (Å²) in [6.07, 6.45) is 0. The lowest BCUT2D eigenvalue weighted by molar-refractivity contribution is -0.553. The fourth-order valence-corrected chi connectivity index (χ4v) is 8.74. The number of aromatic nitrogens is 6. The molecule has 0 fully saturated rings. The highest BCUT2D eigenvalue weighted by Crippen LogP contribution is 2.44. The number of hydrogen-bond donors (Lipinski definition) is 1. The normalized spacial score (nSPS) is 11.8. The summed E-state index contributed by atoms with van der Waals surface area (Å²) in [6.45, 7) is 0. The van der Waals surface area contributed by atoms with E-state index in [1.807, 2.05) is 12.1 Å². The first-order chi connectivity index (χ1) is 28.8. The van der Waals surface area contributed by atoms with Gasteiger partial charge in [-0.25, -0.2) is 9.97 Å². The minimum absolute atomic E-state index is 0.565. The zero-order valence-electron chi connectivity index (χ0n) is 31.2. The zero-order chi connectivity index (χ0) is 38.2. The van der Waals surface area contributed by atoms with Crippen LogP contribution < -0.4 is 4.57 Å². The minimum atomic E-state index is 0.565. The average Bonchev–Trinajstić information content (AvgIpc) is 3.82. The van der Waals surface area contributed by atoms with Crippen LogP contribution in [-0.2, 0) is 0 Å². The molecule has 270 valence electrons. The molecule has 0 unspecified atom stereocenters. The topological polar surface area (TPSA) is 63.3 Å². The van der Waals surface area contributed by atoms with Crippen LogP contribution in [0.3, 0.4) is 0 Å². The van der Waals surface area contributed by atoms with Gasteiger partial charge in [-0.3, -0.25) is 4.57 Å². The number of rotatable bonds is 6. The Balaban J connectivity index is 1.12. The fourth-order valence-electron chi connectivity index (χ4n) is 8.74. The molecule has 0 saturated carbocycles. The van der Waals surface area contributed by atoms with Gasteiger partial charge >= 0.3 is 0 Å². The molecular formula is C52H33N6+. The van der Waals surface area contributed by atoms with Crippen LogP contribution in [0.4, 0.5) is 0 Å². The predicted molar refractivity (Wildman–Crippen MR) is 234 cm³/mol. The van der Waals surface area contributed by atoms with E-state index in [0.29, 0.717) is 17.6 Å². The summed E-state index contributed by atoms with van der Waals surface area (Å²) < 4.78 is 4.63. The molecule has 0 aliphatic carbocycles. The number of para-hydroxylation sites is 1. The van der Waals surface area contributed by atoms with Gasteiger partial charge in [0.2, 0.25) is 5.95 Å². The summed E-state index contributed by atoms with van der Waals surface area (Å²) in [5, 5.41) is 2.32. The monoisotopic (exact) mass is 741 g/mol. The van der Waals surface area contributed by atoms with E-state index in [0.717, 1.165) is 77.9 Å². The van der Waals surface area contributed by atoms with E-state index in [-0.39, 0.29) is 0 Å². The Morgan fingerprint density at radius 1 is 0.379 bits per heavy atom. The number of imidazole rings is 1. The van der Waals surface area contributed by atoms with Gasteiger partial charge in [0.1, 0.15) is 5.69 Å². The molecule has 0 bridgehead atoms. The number of fused-ring (bicyclic) bond motifs is 3. The molecule has 1 aliphatic heterocycles. The van der Waals surface area contributed by atoms with E-state index in [1.165, 1.54) is 16.5 Å². The second-order valence-electron chi connectivity index (χ2n) is 14.8.